The van der Waals surface area contributed by atoms with Gasteiger partial charge in [-0.05, 0) is 25.0 Å². The first kappa shape index (κ1) is 15.9. The van der Waals surface area contributed by atoms with E-state index in [4.69, 9.17) is 9.72 Å². The summed E-state index contributed by atoms with van der Waals surface area (Å²) >= 11 is 1.66. The molecule has 6 heteroatoms. The lowest BCUT2D eigenvalue weighted by molar-refractivity contribution is -0.154. The molecule has 1 amide bonds. The van der Waals surface area contributed by atoms with Crippen molar-refractivity contribution in [2.75, 3.05) is 13.7 Å². The molecule has 1 saturated carbocycles. The van der Waals surface area contributed by atoms with Crippen LogP contribution in [0.4, 0.5) is 0 Å². The second kappa shape index (κ2) is 7.08. The van der Waals surface area contributed by atoms with Gasteiger partial charge in [-0.3, -0.25) is 9.59 Å². The Morgan fingerprint density at radius 3 is 2.87 bits per heavy atom. The Hall–Kier alpha value is -1.95. The van der Waals surface area contributed by atoms with E-state index in [0.717, 1.165) is 40.9 Å². The lowest BCUT2D eigenvalue weighted by Gasteiger charge is -2.28. The topological polar surface area (TPSA) is 68.3 Å². The maximum absolute atomic E-state index is 12.4. The van der Waals surface area contributed by atoms with Crippen molar-refractivity contribution in [2.24, 2.45) is 5.92 Å². The molecule has 1 aliphatic rings. The summed E-state index contributed by atoms with van der Waals surface area (Å²) < 4.78 is 6.33. The fourth-order valence-electron chi connectivity index (χ4n) is 3.07. The molecule has 0 unspecified atom stereocenters. The first-order valence-electron chi connectivity index (χ1n) is 7.91. The highest BCUT2D eigenvalue weighted by Gasteiger charge is 2.35. The number of carbonyl (C=O) groups excluding carboxylic acids is 2. The van der Waals surface area contributed by atoms with E-state index in [-0.39, 0.29) is 30.3 Å². The van der Waals surface area contributed by atoms with Gasteiger partial charge in [0.25, 0.3) is 5.91 Å². The quantitative estimate of drug-likeness (QED) is 0.874. The summed E-state index contributed by atoms with van der Waals surface area (Å²) in [6.07, 6.45) is 3.85. The zero-order valence-corrected chi connectivity index (χ0v) is 13.9. The molecule has 23 heavy (non-hydrogen) atoms. The molecular formula is C17H20N2O3S. The predicted molar refractivity (Wildman–Crippen MR) is 89.3 cm³/mol. The molecule has 1 aromatic carbocycles. The Balaban J connectivity index is 1.78. The molecule has 0 aliphatic heterocycles. The fourth-order valence-corrected chi connectivity index (χ4v) is 4.24. The smallest absolute Gasteiger partial charge is 0.310 e. The van der Waals surface area contributed by atoms with E-state index in [2.05, 4.69) is 11.4 Å². The van der Waals surface area contributed by atoms with Crippen LogP contribution < -0.4 is 5.32 Å². The van der Waals surface area contributed by atoms with Crippen LogP contribution in [-0.4, -0.2) is 30.5 Å². The van der Waals surface area contributed by atoms with Crippen molar-refractivity contribution in [1.82, 2.24) is 10.3 Å². The minimum Gasteiger partial charge on any atom is -0.455 e. The van der Waals surface area contributed by atoms with Crippen molar-refractivity contribution in [3.63, 3.8) is 0 Å². The monoisotopic (exact) mass is 332 g/mol. The van der Waals surface area contributed by atoms with E-state index in [0.29, 0.717) is 0 Å². The van der Waals surface area contributed by atoms with Crippen LogP contribution in [0, 0.1) is 5.92 Å². The van der Waals surface area contributed by atoms with Crippen molar-refractivity contribution < 1.29 is 14.3 Å². The zero-order chi connectivity index (χ0) is 16.2. The number of nitrogens with one attached hydrogen (secondary N) is 1. The summed E-state index contributed by atoms with van der Waals surface area (Å²) in [5.41, 5.74) is 0.982. The van der Waals surface area contributed by atoms with Crippen molar-refractivity contribution in [2.45, 2.75) is 31.6 Å². The number of aromatic nitrogens is 1. The fraction of sp³-hybridized carbons (Fsp3) is 0.471. The normalized spacial score (nSPS) is 21.1. The number of esters is 1. The van der Waals surface area contributed by atoms with Crippen LogP contribution in [0.3, 0.4) is 0 Å². The lowest BCUT2D eigenvalue weighted by atomic mass is 9.79. The first-order chi connectivity index (χ1) is 11.2. The highest BCUT2D eigenvalue weighted by Crippen LogP contribution is 2.41. The Kier molecular flexibility index (Phi) is 4.91. The van der Waals surface area contributed by atoms with Crippen molar-refractivity contribution in [3.8, 4) is 0 Å². The molecule has 1 aliphatic carbocycles. The molecular weight excluding hydrogens is 312 g/mol. The van der Waals surface area contributed by atoms with E-state index in [1.54, 1.807) is 11.3 Å². The van der Waals surface area contributed by atoms with E-state index in [9.17, 15) is 9.59 Å². The number of carbonyl (C=O) groups is 2. The van der Waals surface area contributed by atoms with E-state index in [1.165, 1.54) is 7.05 Å². The standard InChI is InChI=1S/C17H20N2O3S/c1-18-15(20)10-22-17(21)12-7-3-2-6-11(12)16-19-13-8-4-5-9-14(13)23-16/h4-5,8-9,11-12H,2-3,6-7,10H2,1H3,(H,18,20)/t11-,12+/m0/s1. The van der Waals surface area contributed by atoms with Gasteiger partial charge in [-0.25, -0.2) is 4.98 Å². The van der Waals surface area contributed by atoms with Gasteiger partial charge in [0.15, 0.2) is 6.61 Å². The molecule has 1 fully saturated rings. The summed E-state index contributed by atoms with van der Waals surface area (Å²) in [6.45, 7) is -0.210. The number of hydrogen-bond acceptors (Lipinski definition) is 5. The predicted octanol–water partition coefficient (Wildman–Crippen LogP) is 2.86. The number of ether oxygens (including phenoxy) is 1. The number of fused-ring (bicyclic) bond motifs is 1. The third-order valence-corrected chi connectivity index (χ3v) is 5.49. The Bertz CT molecular complexity index is 680. The summed E-state index contributed by atoms with van der Waals surface area (Å²) in [5.74, 6) is -0.671. The molecule has 122 valence electrons. The van der Waals surface area contributed by atoms with Crippen LogP contribution in [0.15, 0.2) is 24.3 Å². The van der Waals surface area contributed by atoms with Crippen LogP contribution in [0.1, 0.15) is 36.6 Å². The Morgan fingerprint density at radius 1 is 1.30 bits per heavy atom. The highest BCUT2D eigenvalue weighted by atomic mass is 32.1. The van der Waals surface area contributed by atoms with Gasteiger partial charge < -0.3 is 10.1 Å². The highest BCUT2D eigenvalue weighted by molar-refractivity contribution is 7.18. The van der Waals surface area contributed by atoms with Crippen LogP contribution in [0.25, 0.3) is 10.2 Å². The molecule has 1 heterocycles. The van der Waals surface area contributed by atoms with Gasteiger partial charge in [-0.1, -0.05) is 25.0 Å². The molecule has 0 bridgehead atoms. The van der Waals surface area contributed by atoms with Crippen LogP contribution in [0.5, 0.6) is 0 Å². The van der Waals surface area contributed by atoms with Crippen molar-refractivity contribution in [1.29, 1.82) is 0 Å². The Morgan fingerprint density at radius 2 is 2.09 bits per heavy atom. The van der Waals surface area contributed by atoms with Crippen molar-refractivity contribution >= 4 is 33.4 Å². The number of hydrogen-bond donors (Lipinski definition) is 1. The average molecular weight is 332 g/mol. The van der Waals surface area contributed by atoms with Gasteiger partial charge in [-0.15, -0.1) is 11.3 Å². The maximum Gasteiger partial charge on any atom is 0.310 e. The lowest BCUT2D eigenvalue weighted by Crippen LogP contribution is -2.31. The number of amides is 1. The molecule has 2 aromatic rings. The molecule has 1 N–H and O–H groups in total. The van der Waals surface area contributed by atoms with E-state index < -0.39 is 0 Å². The van der Waals surface area contributed by atoms with Gasteiger partial charge in [0.1, 0.15) is 0 Å². The second-order valence-electron chi connectivity index (χ2n) is 5.80. The zero-order valence-electron chi connectivity index (χ0n) is 13.1. The molecule has 0 radical (unpaired) electrons. The summed E-state index contributed by atoms with van der Waals surface area (Å²) in [4.78, 5) is 28.4. The second-order valence-corrected chi connectivity index (χ2v) is 6.86. The molecule has 2 atom stereocenters. The summed E-state index contributed by atoms with van der Waals surface area (Å²) in [6, 6.07) is 8.03. The summed E-state index contributed by atoms with van der Waals surface area (Å²) in [7, 11) is 1.53. The number of rotatable bonds is 4. The largest absolute Gasteiger partial charge is 0.455 e. The number of nitrogens with zero attached hydrogens (tertiary/aromatic N) is 1. The number of benzene rings is 1. The molecule has 0 saturated heterocycles. The number of para-hydroxylation sites is 1. The molecule has 3 rings (SSSR count). The third kappa shape index (κ3) is 3.52. The van der Waals surface area contributed by atoms with Gasteiger partial charge in [-0.2, -0.15) is 0 Å². The van der Waals surface area contributed by atoms with Gasteiger partial charge in [0.2, 0.25) is 0 Å². The van der Waals surface area contributed by atoms with Crippen LogP contribution in [0.2, 0.25) is 0 Å². The Labute approximate surface area is 139 Å². The van der Waals surface area contributed by atoms with Crippen LogP contribution >= 0.6 is 11.3 Å². The third-order valence-electron chi connectivity index (χ3n) is 4.32. The van der Waals surface area contributed by atoms with Gasteiger partial charge >= 0.3 is 5.97 Å². The minimum atomic E-state index is -0.286. The first-order valence-corrected chi connectivity index (χ1v) is 8.73. The minimum absolute atomic E-state index is 0.0957. The number of thiazole rings is 1. The van der Waals surface area contributed by atoms with Gasteiger partial charge in [0, 0.05) is 13.0 Å². The maximum atomic E-state index is 12.4. The van der Waals surface area contributed by atoms with E-state index in [1.807, 2.05) is 18.2 Å². The molecule has 1 aromatic heterocycles. The summed E-state index contributed by atoms with van der Waals surface area (Å²) in [5, 5.41) is 3.46. The SMILES string of the molecule is CNC(=O)COC(=O)[C@@H]1CCCC[C@@H]1c1nc2ccccc2s1. The van der Waals surface area contributed by atoms with Crippen LogP contribution in [-0.2, 0) is 14.3 Å². The average Bonchev–Trinajstić information content (AvgIpc) is 3.03. The molecule has 0 spiro atoms. The number of likely N-dealkylation sites (N-methyl/N-ethyl adjacent to an activating group) is 1. The van der Waals surface area contributed by atoms with Gasteiger partial charge in [0.05, 0.1) is 21.1 Å². The molecule has 5 nitrogen and oxygen atoms in total. The van der Waals surface area contributed by atoms with E-state index >= 15 is 0 Å². The van der Waals surface area contributed by atoms with Crippen molar-refractivity contribution in [3.05, 3.63) is 29.3 Å².